The average Bonchev–Trinajstić information content (AvgIpc) is 3.62. The Kier molecular flexibility index (Phi) is 6.15. The molecule has 4 aromatic heterocycles. The highest BCUT2D eigenvalue weighted by atomic mass is 19.3. The Morgan fingerprint density at radius 1 is 1.18 bits per heavy atom. The number of aliphatic hydroxyl groups excluding tert-OH is 1. The highest BCUT2D eigenvalue weighted by Crippen LogP contribution is 2.39. The van der Waals surface area contributed by atoms with Gasteiger partial charge in [0, 0.05) is 25.6 Å². The molecule has 39 heavy (non-hydrogen) atoms. The number of carbonyl (C=O) groups excluding carboxylic acids is 1. The van der Waals surface area contributed by atoms with Crippen molar-refractivity contribution in [2.45, 2.75) is 31.6 Å². The Morgan fingerprint density at radius 3 is 2.82 bits per heavy atom. The van der Waals surface area contributed by atoms with Gasteiger partial charge in [0.15, 0.2) is 11.4 Å². The molecule has 1 fully saturated rings. The monoisotopic (exact) mass is 536 g/mol. The van der Waals surface area contributed by atoms with E-state index in [2.05, 4.69) is 25.6 Å². The van der Waals surface area contributed by atoms with Crippen molar-refractivity contribution in [1.29, 1.82) is 0 Å². The zero-order valence-corrected chi connectivity index (χ0v) is 20.5. The molecule has 1 saturated carbocycles. The number of halogens is 2. The number of ether oxygens (including phenoxy) is 2. The van der Waals surface area contributed by atoms with Gasteiger partial charge >= 0.3 is 6.61 Å². The number of aryl methyl sites for hydroxylation is 1. The molecular weight excluding hydrogens is 514 g/mol. The summed E-state index contributed by atoms with van der Waals surface area (Å²) in [6.07, 6.45) is 10.4. The molecule has 6 rings (SSSR count). The Hall–Kier alpha value is -4.85. The SMILES string of the molecule is Cn1cc(NC(=O)c2cnn3cccnc23)c(-c2cc(Oc3cnn(C4CCC4O)c3)ccc2OC(F)F)n1. The molecule has 1 aliphatic rings. The Bertz CT molecular complexity index is 1660. The van der Waals surface area contributed by atoms with Crippen molar-refractivity contribution in [3.8, 4) is 28.5 Å². The van der Waals surface area contributed by atoms with Crippen LogP contribution in [0.3, 0.4) is 0 Å². The number of fused-ring (bicyclic) bond motifs is 1. The summed E-state index contributed by atoms with van der Waals surface area (Å²) in [6, 6.07) is 5.88. The van der Waals surface area contributed by atoms with Crippen molar-refractivity contribution in [3.05, 3.63) is 67.0 Å². The van der Waals surface area contributed by atoms with Gasteiger partial charge in [-0.05, 0) is 37.1 Å². The first-order valence-corrected chi connectivity index (χ1v) is 12.0. The maximum Gasteiger partial charge on any atom is 0.387 e. The van der Waals surface area contributed by atoms with Crippen LogP contribution in [0.5, 0.6) is 17.2 Å². The molecule has 0 spiro atoms. The summed E-state index contributed by atoms with van der Waals surface area (Å²) in [5, 5.41) is 25.4. The highest BCUT2D eigenvalue weighted by molar-refractivity contribution is 6.09. The third-order valence-corrected chi connectivity index (χ3v) is 6.38. The van der Waals surface area contributed by atoms with Gasteiger partial charge in [0.25, 0.3) is 5.91 Å². The van der Waals surface area contributed by atoms with Crippen LogP contribution in [0.4, 0.5) is 14.5 Å². The number of nitrogens with one attached hydrogen (secondary N) is 1. The number of hydrogen-bond acceptors (Lipinski definition) is 8. The summed E-state index contributed by atoms with van der Waals surface area (Å²) in [6.45, 7) is -3.09. The molecule has 14 heteroatoms. The van der Waals surface area contributed by atoms with Crippen molar-refractivity contribution in [1.82, 2.24) is 34.2 Å². The second-order valence-electron chi connectivity index (χ2n) is 8.97. The topological polar surface area (TPSA) is 134 Å². The van der Waals surface area contributed by atoms with Gasteiger partial charge in [0.1, 0.15) is 22.8 Å². The zero-order chi connectivity index (χ0) is 27.1. The summed E-state index contributed by atoms with van der Waals surface area (Å²) in [5.74, 6) is 0.0394. The van der Waals surface area contributed by atoms with Crippen molar-refractivity contribution >= 4 is 17.2 Å². The van der Waals surface area contributed by atoms with E-state index < -0.39 is 18.6 Å². The quantitative estimate of drug-likeness (QED) is 0.307. The summed E-state index contributed by atoms with van der Waals surface area (Å²) >= 11 is 0. The van der Waals surface area contributed by atoms with E-state index in [-0.39, 0.29) is 34.3 Å². The van der Waals surface area contributed by atoms with Crippen molar-refractivity contribution < 1.29 is 28.2 Å². The number of alkyl halides is 2. The predicted molar refractivity (Wildman–Crippen MR) is 133 cm³/mol. The van der Waals surface area contributed by atoms with E-state index in [4.69, 9.17) is 9.47 Å². The number of hydrogen-bond donors (Lipinski definition) is 2. The van der Waals surface area contributed by atoms with Crippen LogP contribution in [0.1, 0.15) is 29.2 Å². The zero-order valence-electron chi connectivity index (χ0n) is 20.5. The lowest BCUT2D eigenvalue weighted by Crippen LogP contribution is -2.33. The van der Waals surface area contributed by atoms with E-state index in [1.54, 1.807) is 42.6 Å². The maximum atomic E-state index is 13.3. The van der Waals surface area contributed by atoms with Crippen LogP contribution in [0.15, 0.2) is 61.4 Å². The number of carbonyl (C=O) groups is 1. The number of amides is 1. The molecule has 0 saturated heterocycles. The van der Waals surface area contributed by atoms with Gasteiger partial charge in [-0.15, -0.1) is 0 Å². The van der Waals surface area contributed by atoms with Crippen LogP contribution >= 0.6 is 0 Å². The lowest BCUT2D eigenvalue weighted by molar-refractivity contribution is -0.0494. The van der Waals surface area contributed by atoms with Crippen LogP contribution in [0.2, 0.25) is 0 Å². The number of rotatable bonds is 8. The minimum absolute atomic E-state index is 0.109. The fraction of sp³-hybridized carbons (Fsp3) is 0.240. The van der Waals surface area contributed by atoms with Crippen LogP contribution in [-0.4, -0.2) is 57.9 Å². The number of nitrogens with zero attached hydrogens (tertiary/aromatic N) is 7. The van der Waals surface area contributed by atoms with Crippen molar-refractivity contribution in [2.75, 3.05) is 5.32 Å². The third-order valence-electron chi connectivity index (χ3n) is 6.38. The van der Waals surface area contributed by atoms with E-state index in [1.165, 1.54) is 39.8 Å². The molecule has 200 valence electrons. The molecule has 1 amide bonds. The number of anilines is 1. The molecule has 0 aliphatic heterocycles. The van der Waals surface area contributed by atoms with Crippen molar-refractivity contribution in [2.24, 2.45) is 7.05 Å². The van der Waals surface area contributed by atoms with Gasteiger partial charge in [-0.3, -0.25) is 14.2 Å². The van der Waals surface area contributed by atoms with Gasteiger partial charge in [-0.25, -0.2) is 9.50 Å². The van der Waals surface area contributed by atoms with E-state index in [9.17, 15) is 18.7 Å². The molecule has 5 aromatic rings. The summed E-state index contributed by atoms with van der Waals surface area (Å²) in [7, 11) is 1.63. The molecule has 2 N–H and O–H groups in total. The van der Waals surface area contributed by atoms with E-state index in [0.29, 0.717) is 23.6 Å². The van der Waals surface area contributed by atoms with Gasteiger partial charge in [0.05, 0.1) is 42.0 Å². The van der Waals surface area contributed by atoms with Crippen LogP contribution in [0.25, 0.3) is 16.9 Å². The smallest absolute Gasteiger partial charge is 0.387 e. The molecule has 2 atom stereocenters. The second kappa shape index (κ2) is 9.79. The Balaban J connectivity index is 1.32. The Labute approximate surface area is 219 Å². The van der Waals surface area contributed by atoms with Crippen molar-refractivity contribution in [3.63, 3.8) is 0 Å². The molecule has 4 heterocycles. The van der Waals surface area contributed by atoms with Crippen LogP contribution in [-0.2, 0) is 7.05 Å². The molecule has 1 aliphatic carbocycles. The predicted octanol–water partition coefficient (Wildman–Crippen LogP) is 3.67. The van der Waals surface area contributed by atoms with Gasteiger partial charge in [-0.2, -0.15) is 24.1 Å². The van der Waals surface area contributed by atoms with Gasteiger partial charge in [-0.1, -0.05) is 0 Å². The first kappa shape index (κ1) is 24.5. The first-order valence-electron chi connectivity index (χ1n) is 12.0. The lowest BCUT2D eigenvalue weighted by atomic mass is 9.89. The number of aliphatic hydroxyl groups is 1. The molecular formula is C25H22F2N8O4. The fourth-order valence-corrected chi connectivity index (χ4v) is 4.38. The summed E-state index contributed by atoms with van der Waals surface area (Å²) < 4.78 is 41.7. The number of benzene rings is 1. The minimum Gasteiger partial charge on any atom is -0.454 e. The molecule has 2 unspecified atom stereocenters. The Morgan fingerprint density at radius 2 is 2.05 bits per heavy atom. The van der Waals surface area contributed by atoms with Gasteiger partial charge in [0.2, 0.25) is 0 Å². The molecule has 12 nitrogen and oxygen atoms in total. The van der Waals surface area contributed by atoms with Gasteiger partial charge < -0.3 is 19.9 Å². The second-order valence-corrected chi connectivity index (χ2v) is 8.97. The normalized spacial score (nSPS) is 16.8. The third kappa shape index (κ3) is 4.77. The average molecular weight is 536 g/mol. The largest absolute Gasteiger partial charge is 0.454 e. The summed E-state index contributed by atoms with van der Waals surface area (Å²) in [4.78, 5) is 17.3. The lowest BCUT2D eigenvalue weighted by Gasteiger charge is -2.32. The summed E-state index contributed by atoms with van der Waals surface area (Å²) in [5.41, 5.74) is 1.18. The van der Waals surface area contributed by atoms with Crippen LogP contribution in [0, 0.1) is 0 Å². The molecule has 0 radical (unpaired) electrons. The first-order chi connectivity index (χ1) is 18.9. The van der Waals surface area contributed by atoms with E-state index >= 15 is 0 Å². The molecule has 0 bridgehead atoms. The fourth-order valence-electron chi connectivity index (χ4n) is 4.38. The minimum atomic E-state index is -3.09. The highest BCUT2D eigenvalue weighted by Gasteiger charge is 2.31. The number of aromatic nitrogens is 7. The van der Waals surface area contributed by atoms with E-state index in [0.717, 1.165) is 6.42 Å². The molecule has 1 aromatic carbocycles. The standard InChI is InChI=1S/C25H22F2N8O4/c1-33-13-18(31-24(37)17-11-30-34-8-2-7-28-23(17)34)22(32-33)16-9-14(3-6-21(16)39-25(26)27)38-15-10-29-35(12-15)19-4-5-20(19)36/h2-3,6-13,19-20,25,36H,4-5H2,1H3,(H,31,37). The maximum absolute atomic E-state index is 13.3. The van der Waals surface area contributed by atoms with E-state index in [1.807, 2.05) is 0 Å². The van der Waals surface area contributed by atoms with Crippen LogP contribution < -0.4 is 14.8 Å².